The largest absolute Gasteiger partial charge is 0.394 e. The van der Waals surface area contributed by atoms with Gasteiger partial charge in [0, 0.05) is 0 Å². The van der Waals surface area contributed by atoms with E-state index < -0.39 is 24.2 Å². The molecule has 0 bridgehead atoms. The fourth-order valence-corrected chi connectivity index (χ4v) is 7.64. The quantitative estimate of drug-likeness (QED) is 0.0365. The maximum Gasteiger partial charge on any atom is 0.249 e. The number of hydrogen-bond acceptors (Lipinski definition) is 4. The Balaban J connectivity index is 3.46. The molecule has 3 atom stereocenters. The van der Waals surface area contributed by atoms with Gasteiger partial charge in [0.05, 0.1) is 18.8 Å². The second-order valence-corrected chi connectivity index (χ2v) is 17.0. The molecule has 3 unspecified atom stereocenters. The molecule has 0 spiro atoms. The Kier molecular flexibility index (Phi) is 45.1. The standard InChI is InChI=1S/C51H97NO4/c1-3-5-7-9-11-13-15-16-17-18-19-20-21-22-23-24-25-26-27-28-29-30-31-32-33-34-35-36-38-40-42-44-46-50(55)51(56)52-48(47-53)49(54)45-43-41-39-37-14-12-10-8-6-4-2/h6,8,14,37,43,45,48-50,53-55H,3-5,7,9-13,15-36,38-42,44,46-47H2,1-2H3,(H,52,56)/b8-6+,37-14+,45-43+. The van der Waals surface area contributed by atoms with Crippen molar-refractivity contribution in [1.29, 1.82) is 0 Å². The summed E-state index contributed by atoms with van der Waals surface area (Å²) >= 11 is 0. The Hall–Kier alpha value is -1.43. The van der Waals surface area contributed by atoms with Crippen LogP contribution in [0.1, 0.15) is 258 Å². The third-order valence-electron chi connectivity index (χ3n) is 11.5. The van der Waals surface area contributed by atoms with Crippen LogP contribution in [0.4, 0.5) is 0 Å². The van der Waals surface area contributed by atoms with Crippen molar-refractivity contribution in [2.45, 2.75) is 276 Å². The summed E-state index contributed by atoms with van der Waals surface area (Å²) in [4.78, 5) is 12.4. The second-order valence-electron chi connectivity index (χ2n) is 17.0. The molecule has 0 heterocycles. The molecule has 0 aromatic rings. The molecule has 0 aliphatic heterocycles. The first-order chi connectivity index (χ1) is 27.6. The highest BCUT2D eigenvalue weighted by atomic mass is 16.3. The smallest absolute Gasteiger partial charge is 0.249 e. The van der Waals surface area contributed by atoms with E-state index in [4.69, 9.17) is 0 Å². The highest BCUT2D eigenvalue weighted by molar-refractivity contribution is 5.80. The van der Waals surface area contributed by atoms with E-state index in [0.29, 0.717) is 6.42 Å². The number of rotatable bonds is 45. The normalized spacial score (nSPS) is 13.7. The van der Waals surface area contributed by atoms with Gasteiger partial charge in [-0.05, 0) is 38.5 Å². The summed E-state index contributed by atoms with van der Waals surface area (Å²) in [6, 6.07) is -0.817. The molecule has 1 amide bonds. The van der Waals surface area contributed by atoms with E-state index in [9.17, 15) is 20.1 Å². The minimum atomic E-state index is -1.11. The third kappa shape index (κ3) is 40.8. The van der Waals surface area contributed by atoms with Gasteiger partial charge >= 0.3 is 0 Å². The molecule has 0 aromatic carbocycles. The number of nitrogens with one attached hydrogen (secondary N) is 1. The molecule has 0 saturated heterocycles. The van der Waals surface area contributed by atoms with Crippen LogP contribution >= 0.6 is 0 Å². The van der Waals surface area contributed by atoms with E-state index in [0.717, 1.165) is 51.4 Å². The highest BCUT2D eigenvalue weighted by Crippen LogP contribution is 2.17. The van der Waals surface area contributed by atoms with Crippen LogP contribution in [0.3, 0.4) is 0 Å². The van der Waals surface area contributed by atoms with Crippen LogP contribution in [0, 0.1) is 0 Å². The van der Waals surface area contributed by atoms with Crippen molar-refractivity contribution >= 4 is 5.91 Å². The van der Waals surface area contributed by atoms with Crippen molar-refractivity contribution in [2.75, 3.05) is 6.61 Å². The molecular formula is C51H97NO4. The predicted octanol–water partition coefficient (Wildman–Crippen LogP) is 14.7. The van der Waals surface area contributed by atoms with Crippen LogP contribution in [0.25, 0.3) is 0 Å². The van der Waals surface area contributed by atoms with Gasteiger partial charge in [-0.15, -0.1) is 0 Å². The average Bonchev–Trinajstić information content (AvgIpc) is 3.20. The van der Waals surface area contributed by atoms with Gasteiger partial charge in [0.15, 0.2) is 0 Å². The first kappa shape index (κ1) is 54.6. The van der Waals surface area contributed by atoms with Gasteiger partial charge in [0.1, 0.15) is 6.10 Å². The van der Waals surface area contributed by atoms with Gasteiger partial charge in [-0.3, -0.25) is 4.79 Å². The molecule has 0 fully saturated rings. The number of hydrogen-bond donors (Lipinski definition) is 4. The van der Waals surface area contributed by atoms with Crippen LogP contribution in [0.2, 0.25) is 0 Å². The minimum Gasteiger partial charge on any atom is -0.394 e. The lowest BCUT2D eigenvalue weighted by Gasteiger charge is -2.21. The Morgan fingerprint density at radius 3 is 1.07 bits per heavy atom. The Bertz CT molecular complexity index is 870. The Morgan fingerprint density at radius 2 is 0.750 bits per heavy atom. The Labute approximate surface area is 349 Å². The monoisotopic (exact) mass is 788 g/mol. The van der Waals surface area contributed by atoms with Crippen molar-refractivity contribution in [3.8, 4) is 0 Å². The van der Waals surface area contributed by atoms with Gasteiger partial charge in [0.25, 0.3) is 0 Å². The number of allylic oxidation sites excluding steroid dienone is 5. The fourth-order valence-electron chi connectivity index (χ4n) is 7.64. The van der Waals surface area contributed by atoms with Gasteiger partial charge in [-0.1, -0.05) is 256 Å². The summed E-state index contributed by atoms with van der Waals surface area (Å²) in [6.07, 6.45) is 59.5. The molecular weight excluding hydrogens is 691 g/mol. The topological polar surface area (TPSA) is 89.8 Å². The van der Waals surface area contributed by atoms with E-state index in [-0.39, 0.29) is 6.61 Å². The lowest BCUT2D eigenvalue weighted by Crippen LogP contribution is -2.48. The fraction of sp³-hybridized carbons (Fsp3) is 0.863. The first-order valence-corrected chi connectivity index (χ1v) is 24.8. The van der Waals surface area contributed by atoms with Crippen LogP contribution in [-0.2, 0) is 4.79 Å². The molecule has 0 aromatic heterocycles. The van der Waals surface area contributed by atoms with Gasteiger partial charge in [0.2, 0.25) is 5.91 Å². The van der Waals surface area contributed by atoms with E-state index in [2.05, 4.69) is 43.5 Å². The maximum atomic E-state index is 12.4. The van der Waals surface area contributed by atoms with E-state index in [1.165, 1.54) is 186 Å². The zero-order valence-electron chi connectivity index (χ0n) is 37.5. The highest BCUT2D eigenvalue weighted by Gasteiger charge is 2.22. The van der Waals surface area contributed by atoms with Crippen LogP contribution in [0.15, 0.2) is 36.5 Å². The summed E-state index contributed by atoms with van der Waals surface area (Å²) in [5.74, 6) is -0.516. The molecule has 0 saturated carbocycles. The SMILES string of the molecule is CC/C=C/CC/C=C/CC/C=C/C(O)C(CO)NC(=O)C(O)CCCCCCCCCCCCCCCCCCCCCCCCCCCCCCCCCC. The molecule has 0 aliphatic carbocycles. The number of carbonyl (C=O) groups excluding carboxylic acids is 1. The van der Waals surface area contributed by atoms with Crippen molar-refractivity contribution < 1.29 is 20.1 Å². The van der Waals surface area contributed by atoms with E-state index in [1.54, 1.807) is 6.08 Å². The molecule has 0 aliphatic rings. The second kappa shape index (κ2) is 46.3. The molecule has 5 heteroatoms. The Morgan fingerprint density at radius 1 is 0.446 bits per heavy atom. The molecule has 56 heavy (non-hydrogen) atoms. The summed E-state index contributed by atoms with van der Waals surface area (Å²) < 4.78 is 0. The third-order valence-corrected chi connectivity index (χ3v) is 11.5. The molecule has 0 rings (SSSR count). The van der Waals surface area contributed by atoms with Crippen molar-refractivity contribution in [1.82, 2.24) is 5.32 Å². The zero-order valence-corrected chi connectivity index (χ0v) is 37.5. The van der Waals surface area contributed by atoms with Crippen molar-refractivity contribution in [3.63, 3.8) is 0 Å². The number of amides is 1. The van der Waals surface area contributed by atoms with Gasteiger partial charge in [-0.25, -0.2) is 0 Å². The zero-order chi connectivity index (χ0) is 40.8. The minimum absolute atomic E-state index is 0.380. The predicted molar refractivity (Wildman–Crippen MR) is 245 cm³/mol. The molecule has 4 N–H and O–H groups in total. The van der Waals surface area contributed by atoms with Crippen molar-refractivity contribution in [3.05, 3.63) is 36.5 Å². The number of aliphatic hydroxyl groups is 3. The molecule has 0 radical (unpaired) electrons. The van der Waals surface area contributed by atoms with Crippen LogP contribution in [0.5, 0.6) is 0 Å². The van der Waals surface area contributed by atoms with Gasteiger partial charge < -0.3 is 20.6 Å². The lowest BCUT2D eigenvalue weighted by molar-refractivity contribution is -0.131. The number of carbonyl (C=O) groups is 1. The molecule has 5 nitrogen and oxygen atoms in total. The van der Waals surface area contributed by atoms with Gasteiger partial charge in [-0.2, -0.15) is 0 Å². The first-order valence-electron chi connectivity index (χ1n) is 24.8. The number of aliphatic hydroxyl groups excluding tert-OH is 3. The molecule has 330 valence electrons. The van der Waals surface area contributed by atoms with E-state index in [1.807, 2.05) is 6.08 Å². The number of unbranched alkanes of at least 4 members (excludes halogenated alkanes) is 33. The summed E-state index contributed by atoms with van der Waals surface area (Å²) in [6.45, 7) is 4.05. The summed E-state index contributed by atoms with van der Waals surface area (Å²) in [7, 11) is 0. The average molecular weight is 788 g/mol. The van der Waals surface area contributed by atoms with Crippen LogP contribution in [-0.4, -0.2) is 46.1 Å². The summed E-state index contributed by atoms with van der Waals surface area (Å²) in [5, 5.41) is 33.0. The van der Waals surface area contributed by atoms with Crippen LogP contribution < -0.4 is 5.32 Å². The lowest BCUT2D eigenvalue weighted by atomic mass is 10.0. The van der Waals surface area contributed by atoms with Crippen molar-refractivity contribution in [2.24, 2.45) is 0 Å². The summed E-state index contributed by atoms with van der Waals surface area (Å²) in [5.41, 5.74) is 0. The maximum absolute atomic E-state index is 12.4. The van der Waals surface area contributed by atoms with E-state index >= 15 is 0 Å².